The number of aliphatic hydroxyl groups excluding tert-OH is 3. The van der Waals surface area contributed by atoms with Crippen molar-refractivity contribution in [3.8, 4) is 0 Å². The molecular weight excluding hydrogens is 486 g/mol. The summed E-state index contributed by atoms with van der Waals surface area (Å²) in [5.74, 6) is -3.47. The Kier molecular flexibility index (Phi) is 8.78. The smallest absolute Gasteiger partial charge is 0.393 e. The van der Waals surface area contributed by atoms with E-state index in [0.717, 1.165) is 37.7 Å². The van der Waals surface area contributed by atoms with E-state index in [-0.39, 0.29) is 36.0 Å². The zero-order chi connectivity index (χ0) is 27.1. The van der Waals surface area contributed by atoms with Gasteiger partial charge in [-0.25, -0.2) is 0 Å². The van der Waals surface area contributed by atoms with Crippen LogP contribution in [0.15, 0.2) is 35.5 Å². The summed E-state index contributed by atoms with van der Waals surface area (Å²) in [6, 6.07) is 0. The summed E-state index contributed by atoms with van der Waals surface area (Å²) in [6.07, 6.45) is -6.26. The Hall–Kier alpha value is -1.32. The fourth-order valence-electron chi connectivity index (χ4n) is 7.10. The summed E-state index contributed by atoms with van der Waals surface area (Å²) in [6.45, 7) is 7.99. The number of hydrogen-bond acceptors (Lipinski definition) is 3. The first-order chi connectivity index (χ1) is 16.6. The Morgan fingerprint density at radius 2 is 1.69 bits per heavy atom. The molecule has 3 nitrogen and oxygen atoms in total. The first-order valence-electron chi connectivity index (χ1n) is 12.8. The number of fused-ring (bicyclic) bond motifs is 1. The molecule has 0 spiro atoms. The van der Waals surface area contributed by atoms with Crippen molar-refractivity contribution in [3.05, 3.63) is 35.5 Å². The normalized spacial score (nSPS) is 35.9. The maximum Gasteiger partial charge on any atom is 0.403 e. The number of hydrogen-bond donors (Lipinski definition) is 3. The van der Waals surface area contributed by atoms with Crippen LogP contribution in [0.3, 0.4) is 0 Å². The molecule has 0 radical (unpaired) electrons. The molecule has 0 aromatic heterocycles. The molecule has 0 amide bonds. The lowest BCUT2D eigenvalue weighted by Gasteiger charge is -2.44. The highest BCUT2D eigenvalue weighted by Gasteiger charge is 2.60. The highest BCUT2D eigenvalue weighted by atomic mass is 19.4. The molecule has 206 valence electrons. The molecular formula is C27H38F6O3. The molecule has 3 aliphatic rings. The number of alkyl halides is 6. The van der Waals surface area contributed by atoms with E-state index >= 15 is 0 Å². The van der Waals surface area contributed by atoms with Gasteiger partial charge in [-0.05, 0) is 85.7 Å². The summed E-state index contributed by atoms with van der Waals surface area (Å²) in [5, 5.41) is 30.0. The quantitative estimate of drug-likeness (QED) is 0.341. The number of halogens is 6. The molecule has 9 heteroatoms. The molecule has 0 aliphatic heterocycles. The minimum absolute atomic E-state index is 0.0928. The Balaban J connectivity index is 1.70. The third kappa shape index (κ3) is 6.21. The Labute approximate surface area is 209 Å². The minimum Gasteiger partial charge on any atom is -0.393 e. The van der Waals surface area contributed by atoms with Gasteiger partial charge in [0.25, 0.3) is 0 Å². The second-order valence-electron chi connectivity index (χ2n) is 11.3. The zero-order valence-corrected chi connectivity index (χ0v) is 20.9. The largest absolute Gasteiger partial charge is 0.403 e. The van der Waals surface area contributed by atoms with Crippen LogP contribution >= 0.6 is 0 Å². The highest BCUT2D eigenvalue weighted by Crippen LogP contribution is 2.60. The van der Waals surface area contributed by atoms with Gasteiger partial charge in [0, 0.05) is 6.42 Å². The summed E-state index contributed by atoms with van der Waals surface area (Å²) >= 11 is 0. The van der Waals surface area contributed by atoms with Crippen LogP contribution in [0.25, 0.3) is 0 Å². The van der Waals surface area contributed by atoms with E-state index in [1.54, 1.807) is 0 Å². The number of allylic oxidation sites excluding steroid dienone is 3. The third-order valence-electron chi connectivity index (χ3n) is 9.00. The van der Waals surface area contributed by atoms with Crippen LogP contribution in [0.4, 0.5) is 26.3 Å². The van der Waals surface area contributed by atoms with Gasteiger partial charge in [-0.2, -0.15) is 26.3 Å². The lowest BCUT2D eigenvalue weighted by atomic mass is 9.60. The second-order valence-corrected chi connectivity index (χ2v) is 11.3. The van der Waals surface area contributed by atoms with Crippen LogP contribution in [-0.4, -0.2) is 46.0 Å². The van der Waals surface area contributed by atoms with Gasteiger partial charge in [0.15, 0.2) is 5.92 Å². The van der Waals surface area contributed by atoms with Crippen molar-refractivity contribution in [1.29, 1.82) is 0 Å². The molecule has 1 unspecified atom stereocenters. The summed E-state index contributed by atoms with van der Waals surface area (Å²) in [4.78, 5) is 0. The second kappa shape index (κ2) is 10.8. The van der Waals surface area contributed by atoms with Crippen molar-refractivity contribution >= 4 is 0 Å². The summed E-state index contributed by atoms with van der Waals surface area (Å²) < 4.78 is 77.8. The van der Waals surface area contributed by atoms with Gasteiger partial charge in [-0.1, -0.05) is 38.2 Å². The lowest BCUT2D eigenvalue weighted by molar-refractivity contribution is -0.306. The average molecular weight is 525 g/mol. The SMILES string of the molecule is C=C1/C(=C/C=C2\CCC[C@]3(C)[C@@H]([C@H](C)CCC(O)C(C(F)(F)F)C(F)(F)F)CC[C@@H]23)C[C@@H](O)C[C@@H]1O. The molecule has 3 fully saturated rings. The van der Waals surface area contributed by atoms with E-state index in [4.69, 9.17) is 0 Å². The van der Waals surface area contributed by atoms with Crippen LogP contribution in [0.2, 0.25) is 0 Å². The Morgan fingerprint density at radius 1 is 1.06 bits per heavy atom. The molecule has 3 aliphatic carbocycles. The van der Waals surface area contributed by atoms with Crippen LogP contribution < -0.4 is 0 Å². The monoisotopic (exact) mass is 524 g/mol. The summed E-state index contributed by atoms with van der Waals surface area (Å²) in [5.41, 5.74) is 2.57. The Morgan fingerprint density at radius 3 is 2.31 bits per heavy atom. The van der Waals surface area contributed by atoms with Gasteiger partial charge in [-0.3, -0.25) is 0 Å². The van der Waals surface area contributed by atoms with Crippen molar-refractivity contribution in [3.63, 3.8) is 0 Å². The molecule has 3 N–H and O–H groups in total. The van der Waals surface area contributed by atoms with Crippen molar-refractivity contribution in [2.45, 2.75) is 102 Å². The van der Waals surface area contributed by atoms with Gasteiger partial charge < -0.3 is 15.3 Å². The Bertz CT molecular complexity index is 847. The third-order valence-corrected chi connectivity index (χ3v) is 9.00. The van der Waals surface area contributed by atoms with Crippen molar-refractivity contribution in [2.24, 2.45) is 29.1 Å². The molecule has 3 rings (SSSR count). The summed E-state index contributed by atoms with van der Waals surface area (Å²) in [7, 11) is 0. The van der Waals surface area contributed by atoms with E-state index in [1.807, 2.05) is 13.0 Å². The first-order valence-corrected chi connectivity index (χ1v) is 12.8. The molecule has 3 saturated carbocycles. The van der Waals surface area contributed by atoms with Gasteiger partial charge in [-0.15, -0.1) is 0 Å². The van der Waals surface area contributed by atoms with Crippen molar-refractivity contribution in [2.75, 3.05) is 0 Å². The molecule has 7 atom stereocenters. The molecule has 0 aromatic rings. The lowest BCUT2D eigenvalue weighted by Crippen LogP contribution is -2.45. The molecule has 36 heavy (non-hydrogen) atoms. The number of rotatable bonds is 6. The fraction of sp³-hybridized carbons (Fsp3) is 0.778. The van der Waals surface area contributed by atoms with Crippen LogP contribution in [0.5, 0.6) is 0 Å². The standard InChI is InChI=1S/C27H38F6O3/c1-15(6-11-22(35)24(26(28,29)30)27(31,32)33)20-9-10-21-17(5-4-12-25(20,21)3)7-8-18-13-19(34)14-23(36)16(18)2/h7-8,15,19-24,34-36H,2,4-6,9-14H2,1,3H3/b17-7+,18-8+/t15-,19-,20-,21+,22?,23+,25-/m1/s1. The maximum absolute atomic E-state index is 13.0. The van der Waals surface area contributed by atoms with Crippen molar-refractivity contribution < 1.29 is 41.7 Å². The van der Waals surface area contributed by atoms with Gasteiger partial charge >= 0.3 is 12.4 Å². The minimum atomic E-state index is -5.54. The maximum atomic E-state index is 13.0. The van der Waals surface area contributed by atoms with Gasteiger partial charge in [0.2, 0.25) is 0 Å². The van der Waals surface area contributed by atoms with Gasteiger partial charge in [0.05, 0.1) is 18.3 Å². The van der Waals surface area contributed by atoms with Crippen molar-refractivity contribution in [1.82, 2.24) is 0 Å². The topological polar surface area (TPSA) is 60.7 Å². The van der Waals surface area contributed by atoms with Crippen LogP contribution in [-0.2, 0) is 0 Å². The van der Waals surface area contributed by atoms with Crippen LogP contribution in [0, 0.1) is 29.1 Å². The average Bonchev–Trinajstić information content (AvgIpc) is 3.09. The van der Waals surface area contributed by atoms with E-state index in [9.17, 15) is 41.7 Å². The van der Waals surface area contributed by atoms with E-state index in [0.29, 0.717) is 12.0 Å². The molecule has 0 heterocycles. The van der Waals surface area contributed by atoms with E-state index in [1.165, 1.54) is 5.57 Å². The van der Waals surface area contributed by atoms with Gasteiger partial charge in [0.1, 0.15) is 0 Å². The predicted octanol–water partition coefficient (Wildman–Crippen LogP) is 6.65. The number of aliphatic hydroxyl groups is 3. The first kappa shape index (κ1) is 29.2. The fourth-order valence-corrected chi connectivity index (χ4v) is 7.10. The molecule has 0 aromatic carbocycles. The molecule has 0 bridgehead atoms. The van der Waals surface area contributed by atoms with E-state index in [2.05, 4.69) is 19.6 Å². The van der Waals surface area contributed by atoms with E-state index < -0.39 is 43.0 Å². The molecule has 0 saturated heterocycles. The highest BCUT2D eigenvalue weighted by molar-refractivity contribution is 5.38. The zero-order valence-electron chi connectivity index (χ0n) is 20.9. The predicted molar refractivity (Wildman–Crippen MR) is 125 cm³/mol. The van der Waals surface area contributed by atoms with Crippen LogP contribution in [0.1, 0.15) is 71.6 Å².